The number of hydrogen-bond acceptors (Lipinski definition) is 2. The first-order valence-electron chi connectivity index (χ1n) is 9.49. The number of nitrogens with one attached hydrogen (secondary N) is 1. The van der Waals surface area contributed by atoms with Gasteiger partial charge in [-0.15, -0.1) is 0 Å². The summed E-state index contributed by atoms with van der Waals surface area (Å²) in [6.45, 7) is 8.11. The third-order valence-electron chi connectivity index (χ3n) is 4.27. The summed E-state index contributed by atoms with van der Waals surface area (Å²) in [6.07, 6.45) is 0.849. The van der Waals surface area contributed by atoms with Gasteiger partial charge in [-0.3, -0.25) is 9.59 Å². The molecule has 0 fully saturated rings. The van der Waals surface area contributed by atoms with E-state index in [1.807, 2.05) is 88.4 Å². The summed E-state index contributed by atoms with van der Waals surface area (Å²) in [5, 5.41) is 3.05. The van der Waals surface area contributed by atoms with Gasteiger partial charge in [-0.1, -0.05) is 67.6 Å². The topological polar surface area (TPSA) is 49.4 Å². The van der Waals surface area contributed by atoms with Gasteiger partial charge < -0.3 is 10.2 Å². The highest BCUT2D eigenvalue weighted by molar-refractivity contribution is 5.88. The predicted octanol–water partition coefficient (Wildman–Crippen LogP) is 3.95. The number of benzene rings is 2. The lowest BCUT2D eigenvalue weighted by atomic mass is 10.0. The summed E-state index contributed by atoms with van der Waals surface area (Å²) in [4.78, 5) is 27.6. The third kappa shape index (κ3) is 6.55. The van der Waals surface area contributed by atoms with Gasteiger partial charge in [0.1, 0.15) is 6.04 Å². The summed E-state index contributed by atoms with van der Waals surface area (Å²) in [5.74, 6) is -0.145. The van der Waals surface area contributed by atoms with Crippen LogP contribution < -0.4 is 5.32 Å². The van der Waals surface area contributed by atoms with Crippen LogP contribution in [0.2, 0.25) is 0 Å². The summed E-state index contributed by atoms with van der Waals surface area (Å²) in [5.41, 5.74) is 1.69. The molecule has 1 N–H and O–H groups in total. The molecule has 0 aliphatic rings. The van der Waals surface area contributed by atoms with Crippen molar-refractivity contribution in [2.24, 2.45) is 0 Å². The van der Waals surface area contributed by atoms with Gasteiger partial charge >= 0.3 is 0 Å². The highest BCUT2D eigenvalue weighted by Crippen LogP contribution is 2.16. The van der Waals surface area contributed by atoms with Crippen molar-refractivity contribution in [3.8, 4) is 0 Å². The Morgan fingerprint density at radius 1 is 0.926 bits per heavy atom. The lowest BCUT2D eigenvalue weighted by Gasteiger charge is -2.33. The van der Waals surface area contributed by atoms with E-state index in [1.54, 1.807) is 4.90 Å². The zero-order chi connectivity index (χ0) is 19.9. The van der Waals surface area contributed by atoms with E-state index in [4.69, 9.17) is 0 Å². The molecule has 2 rings (SSSR count). The molecule has 0 bridgehead atoms. The lowest BCUT2D eigenvalue weighted by Crippen LogP contribution is -2.54. The molecule has 2 aromatic rings. The Bertz CT molecular complexity index is 736. The maximum absolute atomic E-state index is 13.1. The minimum Gasteiger partial charge on any atom is -0.350 e. The van der Waals surface area contributed by atoms with Crippen LogP contribution in [0, 0.1) is 0 Å². The molecule has 2 amide bonds. The third-order valence-corrected chi connectivity index (χ3v) is 4.27. The van der Waals surface area contributed by atoms with Crippen LogP contribution in [0.4, 0.5) is 0 Å². The largest absolute Gasteiger partial charge is 0.350 e. The molecule has 1 atom stereocenters. The van der Waals surface area contributed by atoms with Gasteiger partial charge in [0.2, 0.25) is 11.8 Å². The van der Waals surface area contributed by atoms with Crippen LogP contribution in [0.1, 0.15) is 45.2 Å². The van der Waals surface area contributed by atoms with Gasteiger partial charge in [-0.05, 0) is 31.9 Å². The molecule has 0 aromatic heterocycles. The molecule has 0 saturated carbocycles. The molecule has 27 heavy (non-hydrogen) atoms. The van der Waals surface area contributed by atoms with Crippen LogP contribution in [0.15, 0.2) is 60.7 Å². The smallest absolute Gasteiger partial charge is 0.243 e. The molecular formula is C23H30N2O2. The van der Waals surface area contributed by atoms with E-state index in [9.17, 15) is 9.59 Å². The Hall–Kier alpha value is -2.62. The molecule has 144 valence electrons. The first-order chi connectivity index (χ1) is 12.8. The van der Waals surface area contributed by atoms with E-state index in [0.29, 0.717) is 19.4 Å². The number of carbonyl (C=O) groups is 2. The minimum atomic E-state index is -0.556. The van der Waals surface area contributed by atoms with Crippen LogP contribution in [-0.2, 0) is 22.6 Å². The number of carbonyl (C=O) groups excluding carboxylic acids is 2. The van der Waals surface area contributed by atoms with Crippen LogP contribution >= 0.6 is 0 Å². The highest BCUT2D eigenvalue weighted by atomic mass is 16.2. The van der Waals surface area contributed by atoms with Gasteiger partial charge in [0.15, 0.2) is 0 Å². The SMILES string of the molecule is CCC(=O)N(Cc1ccccc1)[C@H](Cc1ccccc1)C(=O)NC(C)(C)C. The molecule has 0 heterocycles. The summed E-state index contributed by atoms with van der Waals surface area (Å²) in [7, 11) is 0. The van der Waals surface area contributed by atoms with Gasteiger partial charge in [0.25, 0.3) is 0 Å². The normalized spacial score (nSPS) is 12.3. The fraction of sp³-hybridized carbons (Fsp3) is 0.391. The van der Waals surface area contributed by atoms with Crippen molar-refractivity contribution < 1.29 is 9.59 Å². The Balaban J connectivity index is 2.35. The molecular weight excluding hydrogens is 336 g/mol. The molecule has 0 saturated heterocycles. The van der Waals surface area contributed by atoms with Gasteiger partial charge in [-0.2, -0.15) is 0 Å². The molecule has 0 aliphatic carbocycles. The van der Waals surface area contributed by atoms with Gasteiger partial charge in [0, 0.05) is 24.9 Å². The zero-order valence-corrected chi connectivity index (χ0v) is 16.7. The lowest BCUT2D eigenvalue weighted by molar-refractivity contribution is -0.141. The molecule has 4 heteroatoms. The van der Waals surface area contributed by atoms with Crippen molar-refractivity contribution in [2.45, 2.75) is 58.7 Å². The van der Waals surface area contributed by atoms with E-state index in [2.05, 4.69) is 5.32 Å². The summed E-state index contributed by atoms with van der Waals surface area (Å²) in [6, 6.07) is 19.1. The van der Waals surface area contributed by atoms with E-state index in [0.717, 1.165) is 11.1 Å². The maximum Gasteiger partial charge on any atom is 0.243 e. The van der Waals surface area contributed by atoms with E-state index < -0.39 is 6.04 Å². The van der Waals surface area contributed by atoms with Crippen molar-refractivity contribution in [1.29, 1.82) is 0 Å². The Labute approximate surface area is 162 Å². The molecule has 4 nitrogen and oxygen atoms in total. The first-order valence-corrected chi connectivity index (χ1v) is 9.49. The second kappa shape index (κ2) is 9.36. The number of nitrogens with zero attached hydrogens (tertiary/aromatic N) is 1. The molecule has 0 unspecified atom stereocenters. The van der Waals surface area contributed by atoms with Crippen LogP contribution in [-0.4, -0.2) is 28.3 Å². The quantitative estimate of drug-likeness (QED) is 0.806. The van der Waals surface area contributed by atoms with Crippen molar-refractivity contribution in [3.05, 3.63) is 71.8 Å². The Kier molecular flexibility index (Phi) is 7.17. The Morgan fingerprint density at radius 3 is 1.93 bits per heavy atom. The monoisotopic (exact) mass is 366 g/mol. The average Bonchev–Trinajstić information content (AvgIpc) is 2.64. The molecule has 0 radical (unpaired) electrons. The van der Waals surface area contributed by atoms with Crippen molar-refractivity contribution in [1.82, 2.24) is 10.2 Å². The fourth-order valence-corrected chi connectivity index (χ4v) is 2.99. The van der Waals surface area contributed by atoms with E-state index in [1.165, 1.54) is 0 Å². The maximum atomic E-state index is 13.1. The van der Waals surface area contributed by atoms with Gasteiger partial charge in [0.05, 0.1) is 0 Å². The van der Waals surface area contributed by atoms with Crippen LogP contribution in [0.5, 0.6) is 0 Å². The standard InChI is InChI=1S/C23H30N2O2/c1-5-21(26)25(17-19-14-10-7-11-15-19)20(22(27)24-23(2,3)4)16-18-12-8-6-9-13-18/h6-15,20H,5,16-17H2,1-4H3,(H,24,27)/t20-/m1/s1. The van der Waals surface area contributed by atoms with Crippen molar-refractivity contribution in [2.75, 3.05) is 0 Å². The first kappa shape index (κ1) is 20.7. The van der Waals surface area contributed by atoms with Crippen molar-refractivity contribution >= 4 is 11.8 Å². The van der Waals surface area contributed by atoms with E-state index in [-0.39, 0.29) is 17.4 Å². The van der Waals surface area contributed by atoms with E-state index >= 15 is 0 Å². The molecule has 0 spiro atoms. The highest BCUT2D eigenvalue weighted by Gasteiger charge is 2.31. The summed E-state index contributed by atoms with van der Waals surface area (Å²) >= 11 is 0. The minimum absolute atomic E-state index is 0.0242. The number of hydrogen-bond donors (Lipinski definition) is 1. The predicted molar refractivity (Wildman–Crippen MR) is 109 cm³/mol. The molecule has 0 aliphatic heterocycles. The fourth-order valence-electron chi connectivity index (χ4n) is 2.99. The Morgan fingerprint density at radius 2 is 1.44 bits per heavy atom. The molecule has 2 aromatic carbocycles. The number of amides is 2. The number of rotatable bonds is 7. The van der Waals surface area contributed by atoms with Crippen LogP contribution in [0.25, 0.3) is 0 Å². The summed E-state index contributed by atoms with van der Waals surface area (Å²) < 4.78 is 0. The second-order valence-corrected chi connectivity index (χ2v) is 7.81. The van der Waals surface area contributed by atoms with Crippen molar-refractivity contribution in [3.63, 3.8) is 0 Å². The second-order valence-electron chi connectivity index (χ2n) is 7.81. The van der Waals surface area contributed by atoms with Crippen LogP contribution in [0.3, 0.4) is 0 Å². The average molecular weight is 367 g/mol. The zero-order valence-electron chi connectivity index (χ0n) is 16.7. The van der Waals surface area contributed by atoms with Gasteiger partial charge in [-0.25, -0.2) is 0 Å².